The molecule has 1 saturated heterocycles. The summed E-state index contributed by atoms with van der Waals surface area (Å²) >= 11 is 5.43. The Balaban J connectivity index is 1.91. The minimum atomic E-state index is -0.243. The summed E-state index contributed by atoms with van der Waals surface area (Å²) in [5.74, 6) is 1.66. The molecule has 30 heavy (non-hydrogen) atoms. The van der Waals surface area contributed by atoms with E-state index < -0.39 is 0 Å². The number of nitrogens with one attached hydrogen (secondary N) is 1. The molecule has 0 radical (unpaired) electrons. The highest BCUT2D eigenvalue weighted by molar-refractivity contribution is 7.80. The fraction of sp³-hybridized carbons (Fsp3) is 0.304. The maximum Gasteiger partial charge on any atom is 0.281 e. The molecule has 0 aromatic heterocycles. The Kier molecular flexibility index (Phi) is 6.95. The van der Waals surface area contributed by atoms with Crippen LogP contribution in [0.1, 0.15) is 33.3 Å². The number of hydrogen-bond donors (Lipinski definition) is 1. The van der Waals surface area contributed by atoms with Gasteiger partial charge >= 0.3 is 0 Å². The molecule has 3 rings (SSSR count). The summed E-state index contributed by atoms with van der Waals surface area (Å²) < 4.78 is 17.2. The first-order valence-corrected chi connectivity index (χ1v) is 10.4. The highest BCUT2D eigenvalue weighted by Crippen LogP contribution is 2.33. The third-order valence-corrected chi connectivity index (χ3v) is 4.51. The number of thiocarbonyl (C=S) groups is 1. The number of carbonyl (C=O) groups excluding carboxylic acids is 1. The first kappa shape index (κ1) is 21.6. The van der Waals surface area contributed by atoms with E-state index in [9.17, 15) is 4.79 Å². The minimum Gasteiger partial charge on any atom is -0.492 e. The summed E-state index contributed by atoms with van der Waals surface area (Å²) in [4.78, 5) is 14.5. The summed E-state index contributed by atoms with van der Waals surface area (Å²) in [5, 5.41) is 3.32. The third-order valence-electron chi connectivity index (χ3n) is 4.23. The molecule has 0 saturated carbocycles. The van der Waals surface area contributed by atoms with Crippen LogP contribution in [0.15, 0.2) is 48.2 Å². The van der Waals surface area contributed by atoms with Crippen LogP contribution in [0.3, 0.4) is 0 Å². The number of carbonyl (C=O) groups is 1. The van der Waals surface area contributed by atoms with E-state index in [-0.39, 0.29) is 12.0 Å². The van der Waals surface area contributed by atoms with Crippen molar-refractivity contribution in [3.8, 4) is 17.2 Å². The van der Waals surface area contributed by atoms with Crippen molar-refractivity contribution >= 4 is 35.0 Å². The number of para-hydroxylation sites is 2. The first-order chi connectivity index (χ1) is 14.4. The first-order valence-electron chi connectivity index (χ1n) is 9.97. The van der Waals surface area contributed by atoms with Crippen LogP contribution < -0.4 is 24.4 Å². The number of ether oxygens (including phenoxy) is 3. The topological polar surface area (TPSA) is 60.0 Å². The lowest BCUT2D eigenvalue weighted by atomic mass is 10.1. The zero-order chi connectivity index (χ0) is 21.7. The predicted molar refractivity (Wildman–Crippen MR) is 122 cm³/mol. The maximum absolute atomic E-state index is 13.1. The Bertz CT molecular complexity index is 971. The van der Waals surface area contributed by atoms with E-state index in [4.69, 9.17) is 26.4 Å². The minimum absolute atomic E-state index is 0.0304. The Morgan fingerprint density at radius 3 is 2.43 bits per heavy atom. The number of benzene rings is 2. The lowest BCUT2D eigenvalue weighted by Crippen LogP contribution is -2.30. The molecule has 0 spiro atoms. The average molecular weight is 427 g/mol. The van der Waals surface area contributed by atoms with Crippen LogP contribution in [0.4, 0.5) is 5.69 Å². The third kappa shape index (κ3) is 4.74. The van der Waals surface area contributed by atoms with Gasteiger partial charge in [0.05, 0.1) is 25.0 Å². The molecule has 0 atom stereocenters. The van der Waals surface area contributed by atoms with Crippen LogP contribution in [0.2, 0.25) is 0 Å². The molecule has 0 unspecified atom stereocenters. The van der Waals surface area contributed by atoms with Gasteiger partial charge < -0.3 is 19.5 Å². The smallest absolute Gasteiger partial charge is 0.281 e. The molecule has 2 aromatic rings. The van der Waals surface area contributed by atoms with Gasteiger partial charge in [0.15, 0.2) is 16.6 Å². The van der Waals surface area contributed by atoms with Crippen LogP contribution in [-0.4, -0.2) is 30.3 Å². The quantitative estimate of drug-likeness (QED) is 0.494. The second kappa shape index (κ2) is 9.63. The van der Waals surface area contributed by atoms with E-state index in [1.54, 1.807) is 6.08 Å². The molecule has 2 aromatic carbocycles. The maximum atomic E-state index is 13.1. The van der Waals surface area contributed by atoms with Gasteiger partial charge in [-0.1, -0.05) is 18.2 Å². The lowest BCUT2D eigenvalue weighted by Gasteiger charge is -2.18. The highest BCUT2D eigenvalue weighted by Gasteiger charge is 2.33. The van der Waals surface area contributed by atoms with E-state index in [2.05, 4.69) is 5.32 Å². The zero-order valence-corrected chi connectivity index (χ0v) is 18.4. The van der Waals surface area contributed by atoms with Crippen molar-refractivity contribution in [2.24, 2.45) is 0 Å². The fourth-order valence-corrected chi connectivity index (χ4v) is 3.37. The predicted octanol–water partition coefficient (Wildman–Crippen LogP) is 4.53. The second-order valence-electron chi connectivity index (χ2n) is 6.84. The van der Waals surface area contributed by atoms with Crippen molar-refractivity contribution in [2.45, 2.75) is 33.8 Å². The fourth-order valence-electron chi connectivity index (χ4n) is 3.07. The number of hydrogen-bond acceptors (Lipinski definition) is 5. The summed E-state index contributed by atoms with van der Waals surface area (Å²) in [5.41, 5.74) is 1.79. The zero-order valence-electron chi connectivity index (χ0n) is 17.6. The molecule has 0 bridgehead atoms. The van der Waals surface area contributed by atoms with Crippen LogP contribution in [0.5, 0.6) is 17.2 Å². The van der Waals surface area contributed by atoms with E-state index >= 15 is 0 Å². The van der Waals surface area contributed by atoms with Crippen LogP contribution in [0.25, 0.3) is 6.08 Å². The number of nitrogens with zero attached hydrogens (tertiary/aromatic N) is 1. The van der Waals surface area contributed by atoms with Crippen molar-refractivity contribution in [3.63, 3.8) is 0 Å². The van der Waals surface area contributed by atoms with Gasteiger partial charge in [-0.25, -0.2) is 4.90 Å². The van der Waals surface area contributed by atoms with Gasteiger partial charge in [-0.3, -0.25) is 4.79 Å². The van der Waals surface area contributed by atoms with Gasteiger partial charge in [0.2, 0.25) is 0 Å². The summed E-state index contributed by atoms with van der Waals surface area (Å²) in [6, 6.07) is 12.9. The number of rotatable bonds is 8. The molecule has 1 heterocycles. The van der Waals surface area contributed by atoms with E-state index in [0.717, 1.165) is 5.56 Å². The van der Waals surface area contributed by atoms with Crippen molar-refractivity contribution < 1.29 is 19.0 Å². The SMILES string of the molecule is CCOc1cc(C=C2NC(=S)N(c3ccccc3OCC)C2=O)ccc1OC(C)C. The molecule has 7 heteroatoms. The molecule has 1 amide bonds. The molecule has 0 aliphatic carbocycles. The lowest BCUT2D eigenvalue weighted by molar-refractivity contribution is -0.113. The van der Waals surface area contributed by atoms with Crippen LogP contribution in [-0.2, 0) is 4.79 Å². The average Bonchev–Trinajstić information content (AvgIpc) is 2.98. The Morgan fingerprint density at radius 2 is 1.73 bits per heavy atom. The Morgan fingerprint density at radius 1 is 1.03 bits per heavy atom. The molecular formula is C23H26N2O4S. The standard InChI is InChI=1S/C23H26N2O4S/c1-5-27-19-10-8-7-9-18(19)25-22(26)17(24-23(25)30)13-16-11-12-20(29-15(3)4)21(14-16)28-6-2/h7-15H,5-6H2,1-4H3,(H,24,30). The Labute approximate surface area is 182 Å². The van der Waals surface area contributed by atoms with Crippen molar-refractivity contribution in [1.82, 2.24) is 5.32 Å². The second-order valence-corrected chi connectivity index (χ2v) is 7.22. The molecule has 1 fully saturated rings. The van der Waals surface area contributed by atoms with Gasteiger partial charge in [0.25, 0.3) is 5.91 Å². The molecule has 6 nitrogen and oxygen atoms in total. The summed E-state index contributed by atoms with van der Waals surface area (Å²) in [7, 11) is 0. The van der Waals surface area contributed by atoms with Gasteiger partial charge in [-0.15, -0.1) is 0 Å². The van der Waals surface area contributed by atoms with Crippen LogP contribution >= 0.6 is 12.2 Å². The normalized spacial score (nSPS) is 15.0. The molecule has 1 aliphatic rings. The molecular weight excluding hydrogens is 400 g/mol. The van der Waals surface area contributed by atoms with Crippen molar-refractivity contribution in [2.75, 3.05) is 18.1 Å². The molecule has 158 valence electrons. The Hall–Kier alpha value is -3.06. The highest BCUT2D eigenvalue weighted by atomic mass is 32.1. The monoisotopic (exact) mass is 426 g/mol. The molecule has 1 N–H and O–H groups in total. The van der Waals surface area contributed by atoms with E-state index in [1.165, 1.54) is 4.90 Å². The summed E-state index contributed by atoms with van der Waals surface area (Å²) in [6.45, 7) is 8.74. The van der Waals surface area contributed by atoms with Gasteiger partial charge in [-0.05, 0) is 75.8 Å². The van der Waals surface area contributed by atoms with E-state index in [1.807, 2.05) is 70.2 Å². The van der Waals surface area contributed by atoms with Crippen LogP contribution in [0, 0.1) is 0 Å². The number of amides is 1. The summed E-state index contributed by atoms with van der Waals surface area (Å²) in [6.07, 6.45) is 1.78. The largest absolute Gasteiger partial charge is 0.492 e. The van der Waals surface area contributed by atoms with Crippen molar-refractivity contribution in [3.05, 3.63) is 53.7 Å². The van der Waals surface area contributed by atoms with Gasteiger partial charge in [0, 0.05) is 0 Å². The molecule has 1 aliphatic heterocycles. The van der Waals surface area contributed by atoms with Crippen molar-refractivity contribution in [1.29, 1.82) is 0 Å². The number of anilines is 1. The van der Waals surface area contributed by atoms with E-state index in [0.29, 0.717) is 47.0 Å². The van der Waals surface area contributed by atoms with Gasteiger partial charge in [-0.2, -0.15) is 0 Å². The van der Waals surface area contributed by atoms with Gasteiger partial charge in [0.1, 0.15) is 11.4 Å².